The Morgan fingerprint density at radius 1 is 1.30 bits per heavy atom. The van der Waals surface area contributed by atoms with Gasteiger partial charge < -0.3 is 25.8 Å². The van der Waals surface area contributed by atoms with Crippen molar-refractivity contribution < 1.29 is 24.4 Å². The molecule has 0 radical (unpaired) electrons. The molecule has 1 unspecified atom stereocenters. The summed E-state index contributed by atoms with van der Waals surface area (Å²) in [5.74, 6) is -0.142. The second-order valence-electron chi connectivity index (χ2n) is 4.47. The van der Waals surface area contributed by atoms with Gasteiger partial charge in [-0.3, -0.25) is 4.57 Å². The van der Waals surface area contributed by atoms with Gasteiger partial charge in [0.05, 0.1) is 12.9 Å². The Balaban J connectivity index is 2.06. The fourth-order valence-electron chi connectivity index (χ4n) is 2.13. The van der Waals surface area contributed by atoms with Crippen molar-refractivity contribution in [2.24, 2.45) is 0 Å². The molecule has 1 saturated heterocycles. The molecule has 10 heteroatoms. The Hall–Kier alpha value is -1.88. The summed E-state index contributed by atoms with van der Waals surface area (Å²) in [5, 5.41) is 29.0. The SMILES string of the molecule is Nc1nc(F)nc2c1ncn2C1OC[C@@H](O)[C@@H](O)[C@@H]1O. The quantitative estimate of drug-likeness (QED) is 0.448. The highest BCUT2D eigenvalue weighted by Gasteiger charge is 2.39. The zero-order valence-electron chi connectivity index (χ0n) is 10.1. The number of rotatable bonds is 1. The lowest BCUT2D eigenvalue weighted by molar-refractivity contribution is -0.210. The molecule has 0 saturated carbocycles. The van der Waals surface area contributed by atoms with Crippen molar-refractivity contribution in [3.05, 3.63) is 12.4 Å². The molecule has 9 nitrogen and oxygen atoms in total. The number of hydrogen-bond donors (Lipinski definition) is 4. The minimum Gasteiger partial charge on any atom is -0.388 e. The molecule has 0 bridgehead atoms. The van der Waals surface area contributed by atoms with Crippen molar-refractivity contribution in [2.45, 2.75) is 24.5 Å². The second kappa shape index (κ2) is 4.59. The van der Waals surface area contributed by atoms with Crippen molar-refractivity contribution in [1.82, 2.24) is 19.5 Å². The molecule has 0 amide bonds. The van der Waals surface area contributed by atoms with Crippen LogP contribution >= 0.6 is 0 Å². The number of hydrogen-bond acceptors (Lipinski definition) is 8. The van der Waals surface area contributed by atoms with Crippen molar-refractivity contribution >= 4 is 17.0 Å². The average Bonchev–Trinajstić information content (AvgIpc) is 2.80. The predicted octanol–water partition coefficient (Wildman–Crippen LogP) is -1.84. The number of halogens is 1. The molecule has 0 aromatic carbocycles. The number of aromatic nitrogens is 4. The van der Waals surface area contributed by atoms with Crippen molar-refractivity contribution in [2.75, 3.05) is 12.3 Å². The minimum absolute atomic E-state index is 0.0302. The van der Waals surface area contributed by atoms with E-state index in [1.54, 1.807) is 0 Å². The van der Waals surface area contributed by atoms with Gasteiger partial charge in [-0.05, 0) is 0 Å². The highest BCUT2D eigenvalue weighted by molar-refractivity contribution is 5.81. The summed E-state index contributed by atoms with van der Waals surface area (Å²) in [4.78, 5) is 10.8. The maximum atomic E-state index is 13.2. The van der Waals surface area contributed by atoms with E-state index in [2.05, 4.69) is 15.0 Å². The van der Waals surface area contributed by atoms with Gasteiger partial charge in [-0.25, -0.2) is 4.98 Å². The molecule has 0 aliphatic carbocycles. The lowest BCUT2D eigenvalue weighted by atomic mass is 10.0. The van der Waals surface area contributed by atoms with Crippen LogP contribution in [0.15, 0.2) is 6.33 Å². The maximum absolute atomic E-state index is 13.2. The Labute approximate surface area is 111 Å². The van der Waals surface area contributed by atoms with Gasteiger partial charge in [-0.2, -0.15) is 14.4 Å². The van der Waals surface area contributed by atoms with E-state index in [1.165, 1.54) is 10.9 Å². The van der Waals surface area contributed by atoms with Crippen LogP contribution in [0.1, 0.15) is 6.23 Å². The molecule has 4 atom stereocenters. The van der Waals surface area contributed by atoms with Gasteiger partial charge >= 0.3 is 6.08 Å². The zero-order chi connectivity index (χ0) is 14.4. The van der Waals surface area contributed by atoms with Crippen LogP contribution in [0.5, 0.6) is 0 Å². The first kappa shape index (κ1) is 13.1. The van der Waals surface area contributed by atoms with E-state index in [4.69, 9.17) is 10.5 Å². The Morgan fingerprint density at radius 3 is 2.80 bits per heavy atom. The van der Waals surface area contributed by atoms with Crippen molar-refractivity contribution in [3.63, 3.8) is 0 Å². The first-order chi connectivity index (χ1) is 9.49. The number of nitrogen functional groups attached to an aromatic ring is 1. The third-order valence-corrected chi connectivity index (χ3v) is 3.17. The third-order valence-electron chi connectivity index (χ3n) is 3.17. The van der Waals surface area contributed by atoms with E-state index in [1.807, 2.05) is 0 Å². The molecule has 5 N–H and O–H groups in total. The lowest BCUT2D eigenvalue weighted by Crippen LogP contribution is -2.50. The molecule has 1 aliphatic rings. The van der Waals surface area contributed by atoms with E-state index in [-0.39, 0.29) is 23.6 Å². The van der Waals surface area contributed by atoms with Gasteiger partial charge in [-0.1, -0.05) is 0 Å². The molecule has 108 valence electrons. The molecule has 0 spiro atoms. The molecule has 1 fully saturated rings. The zero-order valence-corrected chi connectivity index (χ0v) is 10.1. The summed E-state index contributed by atoms with van der Waals surface area (Å²) >= 11 is 0. The van der Waals surface area contributed by atoms with E-state index >= 15 is 0 Å². The Kier molecular flexibility index (Phi) is 3.01. The van der Waals surface area contributed by atoms with Gasteiger partial charge in [0.1, 0.15) is 18.3 Å². The van der Waals surface area contributed by atoms with Crippen molar-refractivity contribution in [3.8, 4) is 0 Å². The largest absolute Gasteiger partial charge is 0.388 e. The van der Waals surface area contributed by atoms with Gasteiger partial charge in [0.2, 0.25) is 0 Å². The van der Waals surface area contributed by atoms with Crippen LogP contribution in [0.4, 0.5) is 10.2 Å². The summed E-state index contributed by atoms with van der Waals surface area (Å²) in [7, 11) is 0. The van der Waals surface area contributed by atoms with Crippen LogP contribution in [0, 0.1) is 6.08 Å². The standard InChI is InChI=1S/C10H12FN5O4/c11-10-14-7(12)4-8(15-10)16(2-13-4)9-6(19)5(18)3(17)1-20-9/h2-3,5-6,9,17-19H,1H2,(H2,12,14,15)/t3-,5-,6+,9?/m1/s1. The van der Waals surface area contributed by atoms with Gasteiger partial charge in [0, 0.05) is 0 Å². The lowest BCUT2D eigenvalue weighted by Gasteiger charge is -2.35. The van der Waals surface area contributed by atoms with E-state index < -0.39 is 30.6 Å². The van der Waals surface area contributed by atoms with Crippen LogP contribution in [0.25, 0.3) is 11.2 Å². The minimum atomic E-state index is -1.42. The fourth-order valence-corrected chi connectivity index (χ4v) is 2.13. The predicted molar refractivity (Wildman–Crippen MR) is 62.7 cm³/mol. The van der Waals surface area contributed by atoms with Gasteiger partial charge in [0.15, 0.2) is 23.2 Å². The fraction of sp³-hybridized carbons (Fsp3) is 0.500. The number of imidazole rings is 1. The number of anilines is 1. The van der Waals surface area contributed by atoms with Crippen LogP contribution in [-0.4, -0.2) is 59.8 Å². The molecule has 3 heterocycles. The summed E-state index contributed by atoms with van der Waals surface area (Å²) < 4.78 is 19.7. The summed E-state index contributed by atoms with van der Waals surface area (Å²) in [6.45, 7) is -0.189. The van der Waals surface area contributed by atoms with E-state index in [0.29, 0.717) is 0 Å². The number of ether oxygens (including phenoxy) is 1. The number of nitrogens with two attached hydrogens (primary N) is 1. The highest BCUT2D eigenvalue weighted by atomic mass is 19.1. The van der Waals surface area contributed by atoms with Gasteiger partial charge in [-0.15, -0.1) is 0 Å². The first-order valence-electron chi connectivity index (χ1n) is 5.80. The second-order valence-corrected chi connectivity index (χ2v) is 4.47. The van der Waals surface area contributed by atoms with Gasteiger partial charge in [0.25, 0.3) is 0 Å². The highest BCUT2D eigenvalue weighted by Crippen LogP contribution is 2.27. The van der Waals surface area contributed by atoms with Crippen LogP contribution in [0.3, 0.4) is 0 Å². The van der Waals surface area contributed by atoms with E-state index in [9.17, 15) is 19.7 Å². The molecular weight excluding hydrogens is 273 g/mol. The monoisotopic (exact) mass is 285 g/mol. The van der Waals surface area contributed by atoms with Crippen molar-refractivity contribution in [1.29, 1.82) is 0 Å². The maximum Gasteiger partial charge on any atom is 0.312 e. The topological polar surface area (TPSA) is 140 Å². The molecule has 20 heavy (non-hydrogen) atoms. The number of aliphatic hydroxyl groups is 3. The molecule has 3 rings (SSSR count). The average molecular weight is 285 g/mol. The molecule has 2 aromatic rings. The van der Waals surface area contributed by atoms with Crippen LogP contribution in [-0.2, 0) is 4.74 Å². The molecular formula is C10H12FN5O4. The smallest absolute Gasteiger partial charge is 0.312 e. The Morgan fingerprint density at radius 2 is 2.05 bits per heavy atom. The summed E-state index contributed by atoms with van der Waals surface area (Å²) in [6, 6.07) is 0. The van der Waals surface area contributed by atoms with Crippen LogP contribution < -0.4 is 5.73 Å². The number of nitrogens with zero attached hydrogens (tertiary/aromatic N) is 4. The Bertz CT molecular complexity index is 650. The third kappa shape index (κ3) is 1.89. The summed E-state index contributed by atoms with van der Waals surface area (Å²) in [6.07, 6.45) is -4.87. The normalized spacial score (nSPS) is 30.8. The number of aliphatic hydroxyl groups excluding tert-OH is 3. The molecule has 2 aromatic heterocycles. The molecule has 1 aliphatic heterocycles. The number of fused-ring (bicyclic) bond motifs is 1. The first-order valence-corrected chi connectivity index (χ1v) is 5.80. The van der Waals surface area contributed by atoms with Crippen LogP contribution in [0.2, 0.25) is 0 Å². The van der Waals surface area contributed by atoms with E-state index in [0.717, 1.165) is 0 Å². The summed E-state index contributed by atoms with van der Waals surface area (Å²) in [5.41, 5.74) is 5.71.